The minimum atomic E-state index is 0.465. The molecule has 1 unspecified atom stereocenters. The zero-order valence-corrected chi connectivity index (χ0v) is 8.44. The van der Waals surface area contributed by atoms with Gasteiger partial charge >= 0.3 is 0 Å². The van der Waals surface area contributed by atoms with Crippen molar-refractivity contribution < 1.29 is 0 Å². The lowest BCUT2D eigenvalue weighted by Gasteiger charge is -2.03. The van der Waals surface area contributed by atoms with Gasteiger partial charge in [0.15, 0.2) is 0 Å². The van der Waals surface area contributed by atoms with E-state index in [0.717, 1.165) is 0 Å². The largest absolute Gasteiger partial charge is 0.245 e. The van der Waals surface area contributed by atoms with E-state index in [1.807, 2.05) is 43.1 Å². The maximum absolute atomic E-state index is 4.16. The molecule has 0 amide bonds. The monoisotopic (exact) mass is 176 g/mol. The molecule has 70 valence electrons. The number of hydrogen-bond acceptors (Lipinski definition) is 1. The molecule has 1 aromatic heterocycles. The van der Waals surface area contributed by atoms with Crippen LogP contribution in [0.1, 0.15) is 32.4 Å². The number of aromatic nitrogens is 2. The maximum Gasteiger partial charge on any atom is 0.0501 e. The number of allylic oxidation sites excluding steroid dienone is 3. The van der Waals surface area contributed by atoms with E-state index >= 15 is 0 Å². The van der Waals surface area contributed by atoms with Crippen LogP contribution < -0.4 is 0 Å². The second-order valence-electron chi connectivity index (χ2n) is 2.72. The van der Waals surface area contributed by atoms with Gasteiger partial charge in [0.1, 0.15) is 0 Å². The summed E-state index contributed by atoms with van der Waals surface area (Å²) in [6, 6.07) is 2.05. The number of nitrogens with zero attached hydrogens (tertiary/aromatic N) is 2. The standard InChI is InChI=1S/C9H10N2.C2H6/c1-8-4-2-3-7-11-9(8)5-6-10-11;1-2/h2-8H,1H3;1-2H3. The van der Waals surface area contributed by atoms with Gasteiger partial charge in [-0.3, -0.25) is 0 Å². The summed E-state index contributed by atoms with van der Waals surface area (Å²) in [7, 11) is 0. The van der Waals surface area contributed by atoms with Gasteiger partial charge < -0.3 is 0 Å². The van der Waals surface area contributed by atoms with Crippen molar-refractivity contribution in [3.8, 4) is 0 Å². The summed E-state index contributed by atoms with van der Waals surface area (Å²) in [5.74, 6) is 0.465. The molecule has 0 saturated carbocycles. The molecule has 0 bridgehead atoms. The minimum absolute atomic E-state index is 0.465. The van der Waals surface area contributed by atoms with Gasteiger partial charge in [-0.2, -0.15) is 5.10 Å². The van der Waals surface area contributed by atoms with E-state index in [9.17, 15) is 0 Å². The number of rotatable bonds is 0. The normalized spacial score (nSPS) is 18.5. The smallest absolute Gasteiger partial charge is 0.0501 e. The van der Waals surface area contributed by atoms with Crippen molar-refractivity contribution in [1.82, 2.24) is 9.78 Å². The minimum Gasteiger partial charge on any atom is -0.245 e. The summed E-state index contributed by atoms with van der Waals surface area (Å²) in [6.07, 6.45) is 10.0. The fourth-order valence-corrected chi connectivity index (χ4v) is 1.27. The summed E-state index contributed by atoms with van der Waals surface area (Å²) >= 11 is 0. The molecule has 2 heterocycles. The summed E-state index contributed by atoms with van der Waals surface area (Å²) < 4.78 is 1.91. The van der Waals surface area contributed by atoms with E-state index in [2.05, 4.69) is 24.2 Å². The fraction of sp³-hybridized carbons (Fsp3) is 0.364. The first kappa shape index (κ1) is 9.78. The quantitative estimate of drug-likeness (QED) is 0.594. The van der Waals surface area contributed by atoms with Crippen LogP contribution in [0.2, 0.25) is 0 Å². The summed E-state index contributed by atoms with van der Waals surface area (Å²) in [4.78, 5) is 0. The predicted octanol–water partition coefficient (Wildman–Crippen LogP) is 3.05. The molecule has 0 fully saturated rings. The van der Waals surface area contributed by atoms with Crippen molar-refractivity contribution in [1.29, 1.82) is 0 Å². The Labute approximate surface area is 79.6 Å². The van der Waals surface area contributed by atoms with Crippen LogP contribution in [0.4, 0.5) is 0 Å². The first-order valence-electron chi connectivity index (χ1n) is 4.76. The van der Waals surface area contributed by atoms with E-state index in [1.54, 1.807) is 0 Å². The topological polar surface area (TPSA) is 17.8 Å². The molecule has 0 N–H and O–H groups in total. The Morgan fingerprint density at radius 2 is 2.08 bits per heavy atom. The van der Waals surface area contributed by atoms with Crippen LogP contribution in [0.3, 0.4) is 0 Å². The van der Waals surface area contributed by atoms with Crippen LogP contribution in [0, 0.1) is 0 Å². The molecular weight excluding hydrogens is 160 g/mol. The van der Waals surface area contributed by atoms with Gasteiger partial charge in [0.2, 0.25) is 0 Å². The molecule has 1 atom stereocenters. The van der Waals surface area contributed by atoms with E-state index < -0.39 is 0 Å². The van der Waals surface area contributed by atoms with E-state index in [-0.39, 0.29) is 0 Å². The highest BCUT2D eigenvalue weighted by molar-refractivity contribution is 5.35. The van der Waals surface area contributed by atoms with Gasteiger partial charge in [0, 0.05) is 18.3 Å². The molecule has 2 nitrogen and oxygen atoms in total. The Balaban J connectivity index is 0.000000396. The molecule has 0 aromatic carbocycles. The molecular formula is C11H16N2. The Morgan fingerprint density at radius 1 is 1.31 bits per heavy atom. The third kappa shape index (κ3) is 2.08. The van der Waals surface area contributed by atoms with E-state index in [4.69, 9.17) is 0 Å². The van der Waals surface area contributed by atoms with Crippen LogP contribution in [0.15, 0.2) is 30.5 Å². The molecule has 1 aliphatic rings. The van der Waals surface area contributed by atoms with Crippen molar-refractivity contribution in [3.63, 3.8) is 0 Å². The average Bonchev–Trinajstić information content (AvgIpc) is 2.57. The fourth-order valence-electron chi connectivity index (χ4n) is 1.27. The van der Waals surface area contributed by atoms with Crippen LogP contribution >= 0.6 is 0 Å². The highest BCUT2D eigenvalue weighted by Crippen LogP contribution is 2.18. The van der Waals surface area contributed by atoms with E-state index in [1.165, 1.54) is 5.69 Å². The van der Waals surface area contributed by atoms with Gasteiger partial charge in [0.25, 0.3) is 0 Å². The second-order valence-corrected chi connectivity index (χ2v) is 2.72. The molecule has 0 radical (unpaired) electrons. The molecule has 2 rings (SSSR count). The van der Waals surface area contributed by atoms with Crippen molar-refractivity contribution in [2.45, 2.75) is 26.7 Å². The lowest BCUT2D eigenvalue weighted by molar-refractivity contribution is 0.810. The van der Waals surface area contributed by atoms with Crippen LogP contribution in [-0.2, 0) is 0 Å². The predicted molar refractivity (Wildman–Crippen MR) is 56.5 cm³/mol. The summed E-state index contributed by atoms with van der Waals surface area (Å²) in [5, 5.41) is 4.16. The maximum atomic E-state index is 4.16. The Bertz CT molecular complexity index is 308. The van der Waals surface area contributed by atoms with E-state index in [0.29, 0.717) is 5.92 Å². The van der Waals surface area contributed by atoms with Crippen molar-refractivity contribution in [2.75, 3.05) is 0 Å². The van der Waals surface area contributed by atoms with Gasteiger partial charge in [-0.1, -0.05) is 32.9 Å². The molecule has 1 aliphatic heterocycles. The molecule has 2 heteroatoms. The molecule has 1 aromatic rings. The Hall–Kier alpha value is -1.31. The zero-order chi connectivity index (χ0) is 9.68. The van der Waals surface area contributed by atoms with Gasteiger partial charge in [-0.15, -0.1) is 0 Å². The van der Waals surface area contributed by atoms with Crippen LogP contribution in [0.5, 0.6) is 0 Å². The summed E-state index contributed by atoms with van der Waals surface area (Å²) in [5.41, 5.74) is 1.25. The van der Waals surface area contributed by atoms with Gasteiger partial charge in [-0.25, -0.2) is 4.68 Å². The lowest BCUT2D eigenvalue weighted by Crippen LogP contribution is -1.97. The Kier molecular flexibility index (Phi) is 3.50. The molecule has 0 saturated heterocycles. The molecule has 13 heavy (non-hydrogen) atoms. The molecule has 0 spiro atoms. The third-order valence-corrected chi connectivity index (χ3v) is 1.91. The number of fused-ring (bicyclic) bond motifs is 1. The van der Waals surface area contributed by atoms with Gasteiger partial charge in [0.05, 0.1) is 5.69 Å². The molecule has 0 aliphatic carbocycles. The second kappa shape index (κ2) is 4.65. The lowest BCUT2D eigenvalue weighted by atomic mass is 10.1. The first-order valence-corrected chi connectivity index (χ1v) is 4.76. The van der Waals surface area contributed by atoms with Crippen molar-refractivity contribution in [2.24, 2.45) is 0 Å². The zero-order valence-electron chi connectivity index (χ0n) is 8.44. The Morgan fingerprint density at radius 3 is 2.85 bits per heavy atom. The van der Waals surface area contributed by atoms with Crippen molar-refractivity contribution in [3.05, 3.63) is 36.2 Å². The first-order chi connectivity index (χ1) is 6.38. The van der Waals surface area contributed by atoms with Gasteiger partial charge in [-0.05, 0) is 12.1 Å². The highest BCUT2D eigenvalue weighted by Gasteiger charge is 2.07. The average molecular weight is 176 g/mol. The highest BCUT2D eigenvalue weighted by atomic mass is 15.3. The van der Waals surface area contributed by atoms with Crippen LogP contribution in [-0.4, -0.2) is 9.78 Å². The number of hydrogen-bond donors (Lipinski definition) is 0. The van der Waals surface area contributed by atoms with Crippen LogP contribution in [0.25, 0.3) is 6.20 Å². The SMILES string of the molecule is CC.CC1C=CC=Cn2nccc21. The summed E-state index contributed by atoms with van der Waals surface area (Å²) in [6.45, 7) is 6.16. The third-order valence-electron chi connectivity index (χ3n) is 1.91. The van der Waals surface area contributed by atoms with Crippen molar-refractivity contribution >= 4 is 6.20 Å².